The molecule has 124 valence electrons. The van der Waals surface area contributed by atoms with Crippen molar-refractivity contribution in [2.75, 3.05) is 0 Å². The van der Waals surface area contributed by atoms with Gasteiger partial charge in [0, 0.05) is 5.56 Å². The van der Waals surface area contributed by atoms with Gasteiger partial charge in [-0.3, -0.25) is 0 Å². The summed E-state index contributed by atoms with van der Waals surface area (Å²) in [6, 6.07) is 3.87. The van der Waals surface area contributed by atoms with Crippen molar-refractivity contribution in [1.82, 2.24) is 0 Å². The van der Waals surface area contributed by atoms with Crippen LogP contribution in [0, 0.1) is 0 Å². The van der Waals surface area contributed by atoms with Crippen LogP contribution in [-0.4, -0.2) is 16.7 Å². The molecule has 0 fully saturated rings. The number of hydrogen-bond donors (Lipinski definition) is 1. The predicted molar refractivity (Wildman–Crippen MR) is 94.1 cm³/mol. The molecule has 0 bridgehead atoms. The molecule has 1 atom stereocenters. The van der Waals surface area contributed by atoms with Crippen molar-refractivity contribution in [2.24, 2.45) is 0 Å². The van der Waals surface area contributed by atoms with E-state index in [0.717, 1.165) is 36.8 Å². The minimum absolute atomic E-state index is 0.321. The molecule has 1 aromatic carbocycles. The summed E-state index contributed by atoms with van der Waals surface area (Å²) in [6.45, 7) is 8.22. The van der Waals surface area contributed by atoms with Crippen molar-refractivity contribution in [2.45, 2.75) is 59.0 Å². The van der Waals surface area contributed by atoms with Gasteiger partial charge in [0.25, 0.3) is 0 Å². The molecule has 0 aromatic heterocycles. The summed E-state index contributed by atoms with van der Waals surface area (Å²) >= 11 is 0. The quantitative estimate of drug-likeness (QED) is 0.730. The molecule has 0 aliphatic carbocycles. The van der Waals surface area contributed by atoms with Crippen LogP contribution in [0.2, 0.25) is 0 Å². The Bertz CT molecular complexity index is 651. The molecule has 1 heterocycles. The van der Waals surface area contributed by atoms with Gasteiger partial charge in [-0.05, 0) is 51.7 Å². The zero-order chi connectivity index (χ0) is 17.0. The third-order valence-electron chi connectivity index (χ3n) is 4.15. The van der Waals surface area contributed by atoms with Crippen LogP contribution in [0.1, 0.15) is 68.4 Å². The van der Waals surface area contributed by atoms with Crippen molar-refractivity contribution in [3.63, 3.8) is 0 Å². The largest absolute Gasteiger partial charge is 0.482 e. The maximum atomic E-state index is 11.8. The van der Waals surface area contributed by atoms with Gasteiger partial charge in [0.15, 0.2) is 0 Å². The Balaban J connectivity index is 2.36. The molecule has 0 amide bonds. The standard InChI is InChI=1S/C20H26O3/c1-5-7-15-9-10-16-11-13-20(4,12-6-8-14(2)3)23-18(16)17(15)19(21)22/h8-11,13H,5-7,12H2,1-4H3,(H,21,22). The van der Waals surface area contributed by atoms with Crippen molar-refractivity contribution >= 4 is 12.0 Å². The molecule has 1 aromatic rings. The average Bonchev–Trinajstić information content (AvgIpc) is 2.46. The monoisotopic (exact) mass is 314 g/mol. The Morgan fingerprint density at radius 2 is 2.09 bits per heavy atom. The fourth-order valence-corrected chi connectivity index (χ4v) is 2.91. The van der Waals surface area contributed by atoms with Crippen LogP contribution in [0.4, 0.5) is 0 Å². The number of carboxylic acids is 1. The van der Waals surface area contributed by atoms with Crippen molar-refractivity contribution in [3.05, 3.63) is 46.5 Å². The van der Waals surface area contributed by atoms with Gasteiger partial charge >= 0.3 is 5.97 Å². The lowest BCUT2D eigenvalue weighted by Crippen LogP contribution is -2.32. The third-order valence-corrected chi connectivity index (χ3v) is 4.15. The second-order valence-corrected chi connectivity index (χ2v) is 6.64. The van der Waals surface area contributed by atoms with E-state index in [4.69, 9.17) is 4.74 Å². The summed E-state index contributed by atoms with van der Waals surface area (Å²) in [5.41, 5.74) is 2.84. The van der Waals surface area contributed by atoms with Gasteiger partial charge in [0.1, 0.15) is 16.9 Å². The lowest BCUT2D eigenvalue weighted by molar-refractivity contribution is 0.0678. The number of hydrogen-bond acceptors (Lipinski definition) is 2. The number of benzene rings is 1. The number of fused-ring (bicyclic) bond motifs is 1. The highest BCUT2D eigenvalue weighted by molar-refractivity contribution is 5.94. The first-order valence-electron chi connectivity index (χ1n) is 8.27. The highest BCUT2D eigenvalue weighted by Gasteiger charge is 2.30. The zero-order valence-electron chi connectivity index (χ0n) is 14.5. The number of aromatic carboxylic acids is 1. The molecule has 3 nitrogen and oxygen atoms in total. The van der Waals surface area contributed by atoms with Gasteiger partial charge in [-0.1, -0.05) is 43.2 Å². The summed E-state index contributed by atoms with van der Waals surface area (Å²) < 4.78 is 6.18. The summed E-state index contributed by atoms with van der Waals surface area (Å²) in [5, 5.41) is 9.65. The number of allylic oxidation sites excluding steroid dienone is 2. The number of carboxylic acid groups (broad SMARTS) is 1. The molecule has 1 N–H and O–H groups in total. The maximum Gasteiger partial charge on any atom is 0.339 e. The lowest BCUT2D eigenvalue weighted by Gasteiger charge is -2.32. The molecular weight excluding hydrogens is 288 g/mol. The Morgan fingerprint density at radius 3 is 2.70 bits per heavy atom. The summed E-state index contributed by atoms with van der Waals surface area (Å²) in [7, 11) is 0. The second-order valence-electron chi connectivity index (χ2n) is 6.64. The van der Waals surface area contributed by atoms with Gasteiger partial charge in [0.05, 0.1) is 0 Å². The van der Waals surface area contributed by atoms with Crippen molar-refractivity contribution in [3.8, 4) is 5.75 Å². The first-order valence-corrected chi connectivity index (χ1v) is 8.27. The van der Waals surface area contributed by atoms with E-state index in [1.165, 1.54) is 5.57 Å². The first kappa shape index (κ1) is 17.3. The van der Waals surface area contributed by atoms with Crippen LogP contribution in [-0.2, 0) is 6.42 Å². The molecule has 2 rings (SSSR count). The zero-order valence-corrected chi connectivity index (χ0v) is 14.5. The van der Waals surface area contributed by atoms with Gasteiger partial charge in [-0.15, -0.1) is 0 Å². The molecule has 3 heteroatoms. The molecule has 0 saturated carbocycles. The van der Waals surface area contributed by atoms with Gasteiger partial charge < -0.3 is 9.84 Å². The number of carbonyl (C=O) groups is 1. The predicted octanol–water partition coefficient (Wildman–Crippen LogP) is 5.25. The van der Waals surface area contributed by atoms with Crippen molar-refractivity contribution in [1.29, 1.82) is 0 Å². The lowest BCUT2D eigenvalue weighted by atomic mass is 9.91. The molecule has 1 unspecified atom stereocenters. The van der Waals surface area contributed by atoms with Crippen LogP contribution >= 0.6 is 0 Å². The van der Waals surface area contributed by atoms with E-state index in [1.807, 2.05) is 31.2 Å². The van der Waals surface area contributed by atoms with Gasteiger partial charge in [0.2, 0.25) is 0 Å². The molecule has 1 aliphatic rings. The second kappa shape index (κ2) is 7.03. The molecule has 0 radical (unpaired) electrons. The van der Waals surface area contributed by atoms with E-state index in [2.05, 4.69) is 26.8 Å². The van der Waals surface area contributed by atoms with Crippen LogP contribution in [0.5, 0.6) is 5.75 Å². The molecule has 0 spiro atoms. The van der Waals surface area contributed by atoms with Gasteiger partial charge in [-0.25, -0.2) is 4.79 Å². The van der Waals surface area contributed by atoms with Gasteiger partial charge in [-0.2, -0.15) is 0 Å². The van der Waals surface area contributed by atoms with E-state index in [0.29, 0.717) is 11.3 Å². The summed E-state index contributed by atoms with van der Waals surface area (Å²) in [4.78, 5) is 11.8. The van der Waals surface area contributed by atoms with E-state index < -0.39 is 11.6 Å². The Hall–Kier alpha value is -2.03. The smallest absolute Gasteiger partial charge is 0.339 e. The highest BCUT2D eigenvalue weighted by atomic mass is 16.5. The van der Waals surface area contributed by atoms with Crippen LogP contribution < -0.4 is 4.74 Å². The fraction of sp³-hybridized carbons (Fsp3) is 0.450. The molecule has 0 saturated heterocycles. The Kier molecular flexibility index (Phi) is 5.30. The van der Waals surface area contributed by atoms with Crippen LogP contribution in [0.15, 0.2) is 29.9 Å². The highest BCUT2D eigenvalue weighted by Crippen LogP contribution is 2.38. The van der Waals surface area contributed by atoms with Crippen molar-refractivity contribution < 1.29 is 14.6 Å². The molecular formula is C20H26O3. The summed E-state index contributed by atoms with van der Waals surface area (Å²) in [5.74, 6) is -0.391. The van der Waals surface area contributed by atoms with Crippen LogP contribution in [0.3, 0.4) is 0 Å². The average molecular weight is 314 g/mol. The fourth-order valence-electron chi connectivity index (χ4n) is 2.91. The number of aryl methyl sites for hydroxylation is 1. The topological polar surface area (TPSA) is 46.5 Å². The Labute approximate surface area is 138 Å². The third kappa shape index (κ3) is 4.04. The van der Waals surface area contributed by atoms with E-state index in [-0.39, 0.29) is 0 Å². The van der Waals surface area contributed by atoms with E-state index >= 15 is 0 Å². The summed E-state index contributed by atoms with van der Waals surface area (Å²) in [6.07, 6.45) is 9.61. The minimum Gasteiger partial charge on any atom is -0.482 e. The molecule has 1 aliphatic heterocycles. The van der Waals surface area contributed by atoms with Crippen LogP contribution in [0.25, 0.3) is 6.08 Å². The normalized spacial score (nSPS) is 19.0. The number of ether oxygens (including phenoxy) is 1. The van der Waals surface area contributed by atoms with E-state index in [9.17, 15) is 9.90 Å². The Morgan fingerprint density at radius 1 is 1.35 bits per heavy atom. The van der Waals surface area contributed by atoms with E-state index in [1.54, 1.807) is 0 Å². The molecule has 23 heavy (non-hydrogen) atoms. The first-order chi connectivity index (χ1) is 10.9. The maximum absolute atomic E-state index is 11.8. The minimum atomic E-state index is -0.910. The SMILES string of the molecule is CCCc1ccc2c(c1C(=O)O)OC(C)(CCC=C(C)C)C=C2. The number of rotatable bonds is 6.